The predicted molar refractivity (Wildman–Crippen MR) is 101 cm³/mol. The zero-order chi connectivity index (χ0) is 19.3. The molecule has 0 fully saturated rings. The van der Waals surface area contributed by atoms with E-state index in [0.717, 1.165) is 0 Å². The molecule has 0 aliphatic rings. The SMILES string of the molecule is COc1cc(OC)cc(C(=O)NC(=S)Nc2ccc([N+](=O)[O-])cc2Cl)c1. The van der Waals surface area contributed by atoms with E-state index >= 15 is 0 Å². The Morgan fingerprint density at radius 2 is 1.77 bits per heavy atom. The minimum absolute atomic E-state index is 0.0208. The van der Waals surface area contributed by atoms with Crippen LogP contribution in [0.5, 0.6) is 11.5 Å². The Labute approximate surface area is 159 Å². The summed E-state index contributed by atoms with van der Waals surface area (Å²) in [6, 6.07) is 8.53. The van der Waals surface area contributed by atoms with Gasteiger partial charge in [0, 0.05) is 23.8 Å². The molecule has 0 saturated carbocycles. The first-order valence-electron chi connectivity index (χ1n) is 7.13. The van der Waals surface area contributed by atoms with Crippen LogP contribution in [0.15, 0.2) is 36.4 Å². The number of nitrogens with one attached hydrogen (secondary N) is 2. The van der Waals surface area contributed by atoms with Crippen molar-refractivity contribution >= 4 is 46.2 Å². The number of nitro benzene ring substituents is 1. The van der Waals surface area contributed by atoms with Crippen LogP contribution in [0.3, 0.4) is 0 Å². The highest BCUT2D eigenvalue weighted by molar-refractivity contribution is 7.80. The summed E-state index contributed by atoms with van der Waals surface area (Å²) in [4.78, 5) is 22.5. The van der Waals surface area contributed by atoms with Crippen molar-refractivity contribution in [3.05, 3.63) is 57.1 Å². The second-order valence-corrected chi connectivity index (χ2v) is 5.75. The number of hydrogen-bond donors (Lipinski definition) is 2. The molecule has 136 valence electrons. The Morgan fingerprint density at radius 3 is 2.27 bits per heavy atom. The highest BCUT2D eigenvalue weighted by Crippen LogP contribution is 2.26. The minimum Gasteiger partial charge on any atom is -0.497 e. The number of thiocarbonyl (C=S) groups is 1. The lowest BCUT2D eigenvalue weighted by atomic mass is 10.2. The van der Waals surface area contributed by atoms with Crippen LogP contribution < -0.4 is 20.1 Å². The normalized spacial score (nSPS) is 9.96. The molecule has 0 heterocycles. The topological polar surface area (TPSA) is 103 Å². The lowest BCUT2D eigenvalue weighted by Crippen LogP contribution is -2.34. The number of nitro groups is 1. The quantitative estimate of drug-likeness (QED) is 0.454. The van der Waals surface area contributed by atoms with Gasteiger partial charge in [0.25, 0.3) is 11.6 Å². The maximum absolute atomic E-state index is 12.3. The van der Waals surface area contributed by atoms with Gasteiger partial charge in [0.2, 0.25) is 0 Å². The van der Waals surface area contributed by atoms with Crippen LogP contribution in [0.1, 0.15) is 10.4 Å². The van der Waals surface area contributed by atoms with E-state index in [9.17, 15) is 14.9 Å². The van der Waals surface area contributed by atoms with Gasteiger partial charge in [0.15, 0.2) is 5.11 Å². The van der Waals surface area contributed by atoms with Crippen LogP contribution >= 0.6 is 23.8 Å². The van der Waals surface area contributed by atoms with Crippen molar-refractivity contribution < 1.29 is 19.2 Å². The lowest BCUT2D eigenvalue weighted by molar-refractivity contribution is -0.384. The van der Waals surface area contributed by atoms with Crippen LogP contribution in [-0.2, 0) is 0 Å². The molecule has 0 aliphatic heterocycles. The van der Waals surface area contributed by atoms with Gasteiger partial charge in [-0.2, -0.15) is 0 Å². The van der Waals surface area contributed by atoms with E-state index in [0.29, 0.717) is 17.2 Å². The van der Waals surface area contributed by atoms with E-state index in [-0.39, 0.29) is 21.4 Å². The van der Waals surface area contributed by atoms with Crippen molar-refractivity contribution in [2.45, 2.75) is 0 Å². The number of anilines is 1. The average Bonchev–Trinajstić information content (AvgIpc) is 2.62. The molecule has 0 aliphatic carbocycles. The van der Waals surface area contributed by atoms with E-state index < -0.39 is 10.8 Å². The first-order valence-corrected chi connectivity index (χ1v) is 7.92. The third kappa shape index (κ3) is 4.80. The van der Waals surface area contributed by atoms with Crippen molar-refractivity contribution in [3.63, 3.8) is 0 Å². The first-order chi connectivity index (χ1) is 12.3. The Kier molecular flexibility index (Phi) is 6.31. The average molecular weight is 396 g/mol. The molecule has 8 nitrogen and oxygen atoms in total. The zero-order valence-corrected chi connectivity index (χ0v) is 15.3. The largest absolute Gasteiger partial charge is 0.497 e. The number of benzene rings is 2. The van der Waals surface area contributed by atoms with Gasteiger partial charge in [0.05, 0.1) is 29.9 Å². The van der Waals surface area contributed by atoms with Crippen molar-refractivity contribution in [1.82, 2.24) is 5.32 Å². The summed E-state index contributed by atoms with van der Waals surface area (Å²) in [5.74, 6) is 0.413. The molecule has 10 heteroatoms. The summed E-state index contributed by atoms with van der Waals surface area (Å²) in [6.07, 6.45) is 0. The van der Waals surface area contributed by atoms with E-state index in [1.165, 1.54) is 44.6 Å². The molecule has 26 heavy (non-hydrogen) atoms. The minimum atomic E-state index is -0.564. The van der Waals surface area contributed by atoms with Crippen LogP contribution in [0.4, 0.5) is 11.4 Å². The number of methoxy groups -OCH3 is 2. The monoisotopic (exact) mass is 395 g/mol. The predicted octanol–water partition coefficient (Wildman–Crippen LogP) is 3.39. The van der Waals surface area contributed by atoms with Crippen LogP contribution in [0.2, 0.25) is 5.02 Å². The van der Waals surface area contributed by atoms with Crippen molar-refractivity contribution in [2.24, 2.45) is 0 Å². The lowest BCUT2D eigenvalue weighted by Gasteiger charge is -2.12. The summed E-state index contributed by atoms with van der Waals surface area (Å²) in [7, 11) is 2.94. The van der Waals surface area contributed by atoms with Crippen LogP contribution in [-0.4, -0.2) is 30.2 Å². The van der Waals surface area contributed by atoms with Gasteiger partial charge < -0.3 is 14.8 Å². The number of non-ortho nitro benzene ring substituents is 1. The number of amides is 1. The third-order valence-corrected chi connectivity index (χ3v) is 3.77. The Hall–Kier alpha value is -2.91. The van der Waals surface area contributed by atoms with Crippen molar-refractivity contribution in [3.8, 4) is 11.5 Å². The van der Waals surface area contributed by atoms with Gasteiger partial charge in [-0.15, -0.1) is 0 Å². The summed E-state index contributed by atoms with van der Waals surface area (Å²) in [5.41, 5.74) is 0.449. The van der Waals surface area contributed by atoms with Crippen LogP contribution in [0.25, 0.3) is 0 Å². The number of hydrogen-bond acceptors (Lipinski definition) is 6. The molecule has 2 aromatic rings. The maximum Gasteiger partial charge on any atom is 0.271 e. The Balaban J connectivity index is 2.10. The van der Waals surface area contributed by atoms with Gasteiger partial charge >= 0.3 is 0 Å². The molecule has 0 saturated heterocycles. The number of halogens is 1. The van der Waals surface area contributed by atoms with Gasteiger partial charge in [-0.05, 0) is 30.4 Å². The highest BCUT2D eigenvalue weighted by Gasteiger charge is 2.14. The number of carbonyl (C=O) groups excluding carboxylic acids is 1. The molecule has 0 spiro atoms. The van der Waals surface area contributed by atoms with Gasteiger partial charge in [0.1, 0.15) is 11.5 Å². The number of nitrogens with zero attached hydrogens (tertiary/aromatic N) is 1. The van der Waals surface area contributed by atoms with E-state index in [1.54, 1.807) is 6.07 Å². The summed E-state index contributed by atoms with van der Waals surface area (Å²) in [5, 5.41) is 16.0. The van der Waals surface area contributed by atoms with E-state index in [4.69, 9.17) is 33.3 Å². The zero-order valence-electron chi connectivity index (χ0n) is 13.7. The Bertz CT molecular complexity index is 853. The molecular weight excluding hydrogens is 382 g/mol. The molecule has 2 aromatic carbocycles. The van der Waals surface area contributed by atoms with Crippen molar-refractivity contribution in [2.75, 3.05) is 19.5 Å². The second kappa shape index (κ2) is 8.45. The molecule has 2 rings (SSSR count). The van der Waals surface area contributed by atoms with Gasteiger partial charge in [-0.1, -0.05) is 11.6 Å². The molecule has 0 unspecified atom stereocenters. The molecule has 0 atom stereocenters. The van der Waals surface area contributed by atoms with Crippen molar-refractivity contribution in [1.29, 1.82) is 0 Å². The molecule has 0 aromatic heterocycles. The fourth-order valence-electron chi connectivity index (χ4n) is 1.99. The third-order valence-electron chi connectivity index (χ3n) is 3.25. The number of rotatable bonds is 5. The first kappa shape index (κ1) is 19.4. The van der Waals surface area contributed by atoms with Gasteiger partial charge in [-0.25, -0.2) is 0 Å². The standard InChI is InChI=1S/C16H14ClN3O5S/c1-24-11-5-9(6-12(8-11)25-2)15(21)19-16(26)18-14-4-3-10(20(22)23)7-13(14)17/h3-8H,1-2H3,(H2,18,19,21,26). The molecule has 1 amide bonds. The van der Waals surface area contributed by atoms with Gasteiger partial charge in [-0.3, -0.25) is 20.2 Å². The second-order valence-electron chi connectivity index (χ2n) is 4.93. The molecule has 0 radical (unpaired) electrons. The summed E-state index contributed by atoms with van der Waals surface area (Å²) < 4.78 is 10.2. The number of carbonyl (C=O) groups is 1. The smallest absolute Gasteiger partial charge is 0.271 e. The highest BCUT2D eigenvalue weighted by atomic mass is 35.5. The molecular formula is C16H14ClN3O5S. The van der Waals surface area contributed by atoms with E-state index in [2.05, 4.69) is 10.6 Å². The van der Waals surface area contributed by atoms with E-state index in [1.807, 2.05) is 0 Å². The Morgan fingerprint density at radius 1 is 1.15 bits per heavy atom. The fraction of sp³-hybridized carbons (Fsp3) is 0.125. The molecule has 0 bridgehead atoms. The maximum atomic E-state index is 12.3. The van der Waals surface area contributed by atoms with Crippen LogP contribution in [0, 0.1) is 10.1 Å². The fourth-order valence-corrected chi connectivity index (χ4v) is 2.41. The number of ether oxygens (including phenoxy) is 2. The summed E-state index contributed by atoms with van der Waals surface area (Å²) in [6.45, 7) is 0. The summed E-state index contributed by atoms with van der Waals surface area (Å²) >= 11 is 11.1. The molecule has 2 N–H and O–H groups in total.